The van der Waals surface area contributed by atoms with Gasteiger partial charge in [0.05, 0.1) is 5.75 Å². The Balaban J connectivity index is 1.57. The smallest absolute Gasteiger partial charge is 0.234 e. The second kappa shape index (κ2) is 8.75. The molecule has 1 aromatic heterocycles. The van der Waals surface area contributed by atoms with Crippen molar-refractivity contribution >= 4 is 45.5 Å². The van der Waals surface area contributed by atoms with Crippen molar-refractivity contribution in [2.24, 2.45) is 0 Å². The van der Waals surface area contributed by atoms with Crippen LogP contribution in [-0.2, 0) is 4.79 Å². The Kier molecular flexibility index (Phi) is 6.36. The average molecular weight is 413 g/mol. The molecule has 28 heavy (non-hydrogen) atoms. The molecule has 2 N–H and O–H groups in total. The number of nitrogens with one attached hydrogen (secondary N) is 2. The van der Waals surface area contributed by atoms with Crippen LogP contribution in [0.2, 0.25) is 0 Å². The van der Waals surface area contributed by atoms with Crippen LogP contribution in [0.3, 0.4) is 0 Å². The molecule has 0 aliphatic carbocycles. The van der Waals surface area contributed by atoms with E-state index in [1.54, 1.807) is 0 Å². The van der Waals surface area contributed by atoms with Crippen LogP contribution in [0.5, 0.6) is 0 Å². The first-order chi connectivity index (χ1) is 13.3. The SMILES string of the molecule is Cc1cc(C)c(NC(=O)CSc2nnc(Nc3ccc(C)c(C)c3)s2)c(C)c1. The fourth-order valence-corrected chi connectivity index (χ4v) is 4.51. The van der Waals surface area contributed by atoms with Gasteiger partial charge in [0, 0.05) is 11.4 Å². The van der Waals surface area contributed by atoms with Crippen LogP contribution in [0.25, 0.3) is 0 Å². The van der Waals surface area contributed by atoms with Crippen molar-refractivity contribution in [1.29, 1.82) is 0 Å². The largest absolute Gasteiger partial charge is 0.330 e. The second-order valence-electron chi connectivity index (χ2n) is 6.91. The fraction of sp³-hybridized carbons (Fsp3) is 0.286. The highest BCUT2D eigenvalue weighted by Crippen LogP contribution is 2.29. The highest BCUT2D eigenvalue weighted by molar-refractivity contribution is 8.01. The maximum Gasteiger partial charge on any atom is 0.234 e. The third-order valence-electron chi connectivity index (χ3n) is 4.43. The van der Waals surface area contributed by atoms with E-state index >= 15 is 0 Å². The first-order valence-corrected chi connectivity index (χ1v) is 10.8. The monoisotopic (exact) mass is 412 g/mol. The minimum Gasteiger partial charge on any atom is -0.330 e. The van der Waals surface area contributed by atoms with Crippen LogP contribution in [0.1, 0.15) is 27.8 Å². The summed E-state index contributed by atoms with van der Waals surface area (Å²) in [7, 11) is 0. The fourth-order valence-electron chi connectivity index (χ4n) is 2.94. The predicted molar refractivity (Wildman–Crippen MR) is 119 cm³/mol. The summed E-state index contributed by atoms with van der Waals surface area (Å²) < 4.78 is 0.763. The number of aryl methyl sites for hydroxylation is 5. The van der Waals surface area contributed by atoms with Crippen LogP contribution in [0.4, 0.5) is 16.5 Å². The molecule has 7 heteroatoms. The Morgan fingerprint density at radius 2 is 1.68 bits per heavy atom. The molecule has 0 bridgehead atoms. The van der Waals surface area contributed by atoms with E-state index in [0.717, 1.165) is 32.0 Å². The molecule has 2 aromatic carbocycles. The number of nitrogens with zero attached hydrogens (tertiary/aromatic N) is 2. The average Bonchev–Trinajstić information content (AvgIpc) is 3.07. The highest BCUT2D eigenvalue weighted by atomic mass is 32.2. The molecule has 0 atom stereocenters. The van der Waals surface area contributed by atoms with Crippen molar-refractivity contribution in [2.75, 3.05) is 16.4 Å². The highest BCUT2D eigenvalue weighted by Gasteiger charge is 2.11. The zero-order valence-electron chi connectivity index (χ0n) is 16.7. The third kappa shape index (κ3) is 5.11. The number of rotatable bonds is 6. The Morgan fingerprint density at radius 1 is 0.964 bits per heavy atom. The van der Waals surface area contributed by atoms with Crippen molar-refractivity contribution in [1.82, 2.24) is 10.2 Å². The van der Waals surface area contributed by atoms with Crippen molar-refractivity contribution in [3.8, 4) is 0 Å². The molecule has 5 nitrogen and oxygen atoms in total. The lowest BCUT2D eigenvalue weighted by Crippen LogP contribution is -2.15. The molecule has 0 radical (unpaired) electrons. The van der Waals surface area contributed by atoms with E-state index in [-0.39, 0.29) is 5.91 Å². The third-order valence-corrected chi connectivity index (χ3v) is 6.40. The van der Waals surface area contributed by atoms with Gasteiger partial charge in [0.15, 0.2) is 4.34 Å². The molecule has 1 heterocycles. The van der Waals surface area contributed by atoms with Gasteiger partial charge in [0.1, 0.15) is 0 Å². The van der Waals surface area contributed by atoms with Gasteiger partial charge >= 0.3 is 0 Å². The molecule has 3 aromatic rings. The molecule has 0 aliphatic rings. The minimum absolute atomic E-state index is 0.0427. The zero-order valence-corrected chi connectivity index (χ0v) is 18.3. The summed E-state index contributed by atoms with van der Waals surface area (Å²) in [6.07, 6.45) is 0. The molecule has 0 spiro atoms. The quantitative estimate of drug-likeness (QED) is 0.519. The van der Waals surface area contributed by atoms with Crippen molar-refractivity contribution < 1.29 is 4.79 Å². The minimum atomic E-state index is -0.0427. The lowest BCUT2D eigenvalue weighted by atomic mass is 10.1. The van der Waals surface area contributed by atoms with Gasteiger partial charge in [-0.15, -0.1) is 10.2 Å². The Hall–Kier alpha value is -2.38. The summed E-state index contributed by atoms with van der Waals surface area (Å²) in [4.78, 5) is 12.4. The van der Waals surface area contributed by atoms with E-state index < -0.39 is 0 Å². The molecule has 3 rings (SSSR count). The number of hydrogen-bond acceptors (Lipinski definition) is 6. The van der Waals surface area contributed by atoms with E-state index in [9.17, 15) is 4.79 Å². The zero-order chi connectivity index (χ0) is 20.3. The van der Waals surface area contributed by atoms with Gasteiger partial charge in [0.25, 0.3) is 0 Å². The van der Waals surface area contributed by atoms with E-state index in [4.69, 9.17) is 0 Å². The molecule has 146 valence electrons. The van der Waals surface area contributed by atoms with Gasteiger partial charge in [-0.05, 0) is 69.0 Å². The summed E-state index contributed by atoms with van der Waals surface area (Å²) in [5.74, 6) is 0.254. The number of carbonyl (C=O) groups is 1. The molecule has 1 amide bonds. The van der Waals surface area contributed by atoms with Crippen molar-refractivity contribution in [3.63, 3.8) is 0 Å². The van der Waals surface area contributed by atoms with E-state index in [2.05, 4.69) is 65.9 Å². The lowest BCUT2D eigenvalue weighted by Gasteiger charge is -2.12. The normalized spacial score (nSPS) is 10.8. The van der Waals surface area contributed by atoms with Gasteiger partial charge in [-0.1, -0.05) is 46.9 Å². The predicted octanol–water partition coefficient (Wildman–Crippen LogP) is 5.55. The standard InChI is InChI=1S/C21H24N4OS2/c1-12-8-15(4)19(16(5)9-12)23-18(26)11-27-21-25-24-20(28-21)22-17-7-6-13(2)14(3)10-17/h6-10H,11H2,1-5H3,(H,22,24)(H,23,26). The Morgan fingerprint density at radius 3 is 2.36 bits per heavy atom. The number of aromatic nitrogens is 2. The molecule has 0 aliphatic heterocycles. The number of carbonyl (C=O) groups excluding carboxylic acids is 1. The van der Waals surface area contributed by atoms with E-state index in [1.165, 1.54) is 39.8 Å². The molecule has 0 saturated heterocycles. The maximum atomic E-state index is 12.4. The number of anilines is 3. The second-order valence-corrected chi connectivity index (χ2v) is 9.11. The molecular formula is C21H24N4OS2. The number of hydrogen-bond donors (Lipinski definition) is 2. The Bertz CT molecular complexity index is 990. The Labute approximate surface area is 174 Å². The molecule has 0 fully saturated rings. The van der Waals surface area contributed by atoms with Crippen LogP contribution in [0.15, 0.2) is 34.7 Å². The first kappa shape index (κ1) is 20.4. The van der Waals surface area contributed by atoms with E-state index in [1.807, 2.05) is 19.9 Å². The van der Waals surface area contributed by atoms with E-state index in [0.29, 0.717) is 5.75 Å². The molecule has 0 unspecified atom stereocenters. The topological polar surface area (TPSA) is 66.9 Å². The van der Waals surface area contributed by atoms with Crippen molar-refractivity contribution in [2.45, 2.75) is 39.0 Å². The molecule has 0 saturated carbocycles. The number of benzene rings is 2. The molecular weight excluding hydrogens is 388 g/mol. The van der Waals surface area contributed by atoms with Crippen LogP contribution in [-0.4, -0.2) is 21.9 Å². The van der Waals surface area contributed by atoms with Crippen LogP contribution >= 0.6 is 23.1 Å². The summed E-state index contributed by atoms with van der Waals surface area (Å²) in [6, 6.07) is 10.3. The van der Waals surface area contributed by atoms with Crippen molar-refractivity contribution in [3.05, 3.63) is 58.1 Å². The summed E-state index contributed by atoms with van der Waals surface area (Å²) in [6.45, 7) is 10.2. The maximum absolute atomic E-state index is 12.4. The van der Waals surface area contributed by atoms with Gasteiger partial charge in [-0.3, -0.25) is 4.79 Å². The first-order valence-electron chi connectivity index (χ1n) is 9.00. The van der Waals surface area contributed by atoms with Crippen LogP contribution in [0, 0.1) is 34.6 Å². The lowest BCUT2D eigenvalue weighted by molar-refractivity contribution is -0.113. The van der Waals surface area contributed by atoms with Gasteiger partial charge in [-0.2, -0.15) is 0 Å². The van der Waals surface area contributed by atoms with Crippen LogP contribution < -0.4 is 10.6 Å². The number of thioether (sulfide) groups is 1. The summed E-state index contributed by atoms with van der Waals surface area (Å²) in [5.41, 5.74) is 7.70. The van der Waals surface area contributed by atoms with Gasteiger partial charge < -0.3 is 10.6 Å². The number of amides is 1. The summed E-state index contributed by atoms with van der Waals surface area (Å²) >= 11 is 2.84. The van der Waals surface area contributed by atoms with Gasteiger partial charge in [-0.25, -0.2) is 0 Å². The van der Waals surface area contributed by atoms with Gasteiger partial charge in [0.2, 0.25) is 11.0 Å². The summed E-state index contributed by atoms with van der Waals surface area (Å²) in [5, 5.41) is 15.3.